The molecule has 192 valence electrons. The molecule has 1 atom stereocenters. The number of carbonyl (C=O) groups is 1. The van der Waals surface area contributed by atoms with Gasteiger partial charge in [-0.2, -0.15) is 0 Å². The van der Waals surface area contributed by atoms with Crippen molar-refractivity contribution in [1.82, 2.24) is 0 Å². The minimum atomic E-state index is -1.22. The Morgan fingerprint density at radius 2 is 1.70 bits per heavy atom. The van der Waals surface area contributed by atoms with E-state index in [1.54, 1.807) is 12.1 Å². The number of carboxylic acid groups (broad SMARTS) is 1. The fourth-order valence-electron chi connectivity index (χ4n) is 4.93. The zero-order valence-electron chi connectivity index (χ0n) is 21.5. The van der Waals surface area contributed by atoms with Gasteiger partial charge in [0, 0.05) is 17.8 Å². The minimum Gasteiger partial charge on any atom is -0.507 e. The minimum absolute atomic E-state index is 0.0748. The quantitative estimate of drug-likeness (QED) is 0.309. The highest BCUT2D eigenvalue weighted by atomic mass is 19.1. The first-order valence-corrected chi connectivity index (χ1v) is 12.3. The summed E-state index contributed by atoms with van der Waals surface area (Å²) in [6.45, 7) is 9.38. The van der Waals surface area contributed by atoms with Gasteiger partial charge in [0.25, 0.3) is 0 Å². The van der Waals surface area contributed by atoms with Crippen LogP contribution in [0.5, 0.6) is 5.75 Å². The van der Waals surface area contributed by atoms with Crippen LogP contribution in [0.4, 0.5) is 10.1 Å². The third-order valence-corrected chi connectivity index (χ3v) is 7.23. The van der Waals surface area contributed by atoms with Gasteiger partial charge in [0.05, 0.1) is 0 Å². The van der Waals surface area contributed by atoms with E-state index in [0.717, 1.165) is 29.7 Å². The lowest BCUT2D eigenvalue weighted by atomic mass is 9.62. The molecular weight excluding hydrogens is 469 g/mol. The van der Waals surface area contributed by atoms with E-state index in [-0.39, 0.29) is 28.0 Å². The molecule has 0 spiro atoms. The Bertz CT molecular complexity index is 1400. The van der Waals surface area contributed by atoms with Crippen molar-refractivity contribution in [2.45, 2.75) is 64.0 Å². The van der Waals surface area contributed by atoms with Gasteiger partial charge in [0.15, 0.2) is 0 Å². The Morgan fingerprint density at radius 1 is 1.03 bits per heavy atom. The second kappa shape index (κ2) is 9.91. The second-order valence-electron chi connectivity index (χ2n) is 10.9. The molecule has 0 radical (unpaired) electrons. The maximum Gasteiger partial charge on any atom is 0.339 e. The van der Waals surface area contributed by atoms with Crippen LogP contribution in [0.25, 0.3) is 0 Å². The molecule has 0 bridgehead atoms. The van der Waals surface area contributed by atoms with Crippen molar-refractivity contribution in [3.05, 3.63) is 93.8 Å². The van der Waals surface area contributed by atoms with Crippen LogP contribution in [0.3, 0.4) is 0 Å². The lowest BCUT2D eigenvalue weighted by Gasteiger charge is -2.43. The monoisotopic (exact) mass is 501 g/mol. The molecule has 0 heterocycles. The van der Waals surface area contributed by atoms with E-state index in [2.05, 4.69) is 44.9 Å². The number of fused-ring (bicyclic) bond motifs is 1. The highest BCUT2D eigenvalue weighted by Gasteiger charge is 2.39. The van der Waals surface area contributed by atoms with E-state index < -0.39 is 12.1 Å². The molecule has 4 rings (SSSR count). The van der Waals surface area contributed by atoms with Crippen molar-refractivity contribution >= 4 is 11.7 Å². The number of aromatic hydroxyl groups is 1. The third kappa shape index (κ3) is 5.63. The smallest absolute Gasteiger partial charge is 0.339 e. The summed E-state index contributed by atoms with van der Waals surface area (Å²) >= 11 is 0. The van der Waals surface area contributed by atoms with Gasteiger partial charge in [-0.1, -0.05) is 57.7 Å². The number of rotatable bonds is 5. The van der Waals surface area contributed by atoms with E-state index in [9.17, 15) is 19.4 Å². The van der Waals surface area contributed by atoms with Gasteiger partial charge in [0.2, 0.25) is 0 Å². The number of aliphatic hydroxyl groups is 1. The number of hydrogen-bond acceptors (Lipinski definition) is 4. The summed E-state index contributed by atoms with van der Waals surface area (Å²) in [5.41, 5.74) is 4.89. The third-order valence-electron chi connectivity index (χ3n) is 7.23. The van der Waals surface area contributed by atoms with Crippen LogP contribution in [0.15, 0.2) is 54.6 Å². The van der Waals surface area contributed by atoms with Crippen LogP contribution in [0.1, 0.15) is 84.8 Å². The molecule has 0 aromatic heterocycles. The Kier molecular flexibility index (Phi) is 7.03. The largest absolute Gasteiger partial charge is 0.507 e. The van der Waals surface area contributed by atoms with E-state index in [0.29, 0.717) is 17.7 Å². The van der Waals surface area contributed by atoms with Crippen molar-refractivity contribution in [1.29, 1.82) is 0 Å². The van der Waals surface area contributed by atoms with Crippen molar-refractivity contribution < 1.29 is 24.5 Å². The number of phenols is 1. The molecule has 6 heteroatoms. The molecule has 0 amide bonds. The van der Waals surface area contributed by atoms with Crippen molar-refractivity contribution in [2.24, 2.45) is 0 Å². The summed E-state index contributed by atoms with van der Waals surface area (Å²) in [6, 6.07) is 14.4. The molecule has 1 unspecified atom stereocenters. The lowest BCUT2D eigenvalue weighted by molar-refractivity contribution is 0.0693. The first-order chi connectivity index (χ1) is 17.4. The molecule has 1 aliphatic rings. The zero-order chi connectivity index (χ0) is 27.0. The summed E-state index contributed by atoms with van der Waals surface area (Å²) in [5.74, 6) is 3.79. The van der Waals surface area contributed by atoms with E-state index >= 15 is 0 Å². The Labute approximate surface area is 217 Å². The average Bonchev–Trinajstić information content (AvgIpc) is 2.84. The van der Waals surface area contributed by atoms with Gasteiger partial charge in [-0.25, -0.2) is 9.18 Å². The predicted molar refractivity (Wildman–Crippen MR) is 142 cm³/mol. The first-order valence-electron chi connectivity index (χ1n) is 12.3. The van der Waals surface area contributed by atoms with Crippen LogP contribution >= 0.6 is 0 Å². The van der Waals surface area contributed by atoms with Gasteiger partial charge in [-0.15, -0.1) is 0 Å². The molecule has 4 N–H and O–H groups in total. The lowest BCUT2D eigenvalue weighted by Crippen LogP contribution is -2.35. The molecule has 37 heavy (non-hydrogen) atoms. The molecule has 0 aliphatic heterocycles. The van der Waals surface area contributed by atoms with Gasteiger partial charge in [-0.05, 0) is 82.3 Å². The van der Waals surface area contributed by atoms with Gasteiger partial charge in [0.1, 0.15) is 23.2 Å². The summed E-state index contributed by atoms with van der Waals surface area (Å²) in [5, 5.41) is 33.6. The second-order valence-corrected chi connectivity index (χ2v) is 10.9. The zero-order valence-corrected chi connectivity index (χ0v) is 21.5. The van der Waals surface area contributed by atoms with Gasteiger partial charge in [-0.3, -0.25) is 0 Å². The van der Waals surface area contributed by atoms with Crippen LogP contribution < -0.4 is 5.32 Å². The molecule has 0 saturated heterocycles. The Balaban J connectivity index is 1.72. The summed E-state index contributed by atoms with van der Waals surface area (Å²) in [4.78, 5) is 11.1. The normalized spacial score (nSPS) is 16.2. The summed E-state index contributed by atoms with van der Waals surface area (Å²) in [6.07, 6.45) is 0.930. The number of nitrogens with one attached hydrogen (secondary N) is 1. The Hall–Kier alpha value is -3.82. The highest BCUT2D eigenvalue weighted by Crippen LogP contribution is 2.49. The van der Waals surface area contributed by atoms with Crippen LogP contribution in [-0.4, -0.2) is 21.3 Å². The van der Waals surface area contributed by atoms with E-state index in [1.165, 1.54) is 35.9 Å². The number of anilines is 1. The number of hydrogen-bond donors (Lipinski definition) is 4. The standard InChI is InChI=1S/C31H32FNO4/c1-30(2)13-14-31(3,4)28-24(30)16-21(17-25(28)33-18-20-5-9-22(32)10-6-20)26(34)12-8-19-7-11-23(29(36)37)27(35)15-19/h5-7,9-11,15-17,26,33-35H,13-14,18H2,1-4H3,(H,36,37). The molecule has 3 aromatic carbocycles. The van der Waals surface area contributed by atoms with Gasteiger partial charge < -0.3 is 20.6 Å². The van der Waals surface area contributed by atoms with E-state index in [4.69, 9.17) is 5.11 Å². The predicted octanol–water partition coefficient (Wildman–Crippen LogP) is 6.28. The number of aliphatic hydroxyl groups excluding tert-OH is 1. The number of aromatic carboxylic acids is 1. The van der Waals surface area contributed by atoms with Crippen LogP contribution in [0.2, 0.25) is 0 Å². The number of carboxylic acids is 1. The highest BCUT2D eigenvalue weighted by molar-refractivity contribution is 5.90. The molecule has 3 aromatic rings. The SMILES string of the molecule is CC1(C)CCC(C)(C)c2c(NCc3ccc(F)cc3)cc(C(O)C#Cc3ccc(C(=O)O)c(O)c3)cc21. The van der Waals surface area contributed by atoms with Crippen molar-refractivity contribution in [3.8, 4) is 17.6 Å². The fraction of sp³-hybridized carbons (Fsp3) is 0.323. The average molecular weight is 502 g/mol. The first kappa shape index (κ1) is 26.2. The van der Waals surface area contributed by atoms with Crippen LogP contribution in [0, 0.1) is 17.7 Å². The molecule has 0 saturated carbocycles. The molecule has 0 fully saturated rings. The topological polar surface area (TPSA) is 89.8 Å². The molecule has 5 nitrogen and oxygen atoms in total. The maximum atomic E-state index is 13.4. The maximum absolute atomic E-state index is 13.4. The van der Waals surface area contributed by atoms with Crippen molar-refractivity contribution in [3.63, 3.8) is 0 Å². The molecular formula is C31H32FNO4. The number of benzene rings is 3. The fourth-order valence-corrected chi connectivity index (χ4v) is 4.93. The number of halogens is 1. The van der Waals surface area contributed by atoms with Crippen molar-refractivity contribution in [2.75, 3.05) is 5.32 Å². The molecule has 1 aliphatic carbocycles. The van der Waals surface area contributed by atoms with E-state index in [1.807, 2.05) is 12.1 Å². The van der Waals surface area contributed by atoms with Crippen LogP contribution in [-0.2, 0) is 17.4 Å². The Morgan fingerprint density at radius 3 is 2.35 bits per heavy atom. The van der Waals surface area contributed by atoms with Gasteiger partial charge >= 0.3 is 5.97 Å². The summed E-state index contributed by atoms with van der Waals surface area (Å²) < 4.78 is 13.4. The summed E-state index contributed by atoms with van der Waals surface area (Å²) in [7, 11) is 0.